The Morgan fingerprint density at radius 3 is 1.06 bits per heavy atom. The summed E-state index contributed by atoms with van der Waals surface area (Å²) in [6.07, 6.45) is 0. The van der Waals surface area contributed by atoms with E-state index in [2.05, 4.69) is 255 Å². The molecule has 6 heteroatoms. The normalized spacial score (nSPS) is 11.8. The summed E-state index contributed by atoms with van der Waals surface area (Å²) < 4.78 is 9.71. The third-order valence-corrected chi connectivity index (χ3v) is 13.6. The Labute approximate surface area is 391 Å². The fraction of sp³-hybridized carbons (Fsp3) is 0. The number of nitrogens with zero attached hydrogens (tertiary/aromatic N) is 6. The molecular formula is C62H40N6. The van der Waals surface area contributed by atoms with Gasteiger partial charge >= 0.3 is 0 Å². The van der Waals surface area contributed by atoms with Crippen LogP contribution in [0.4, 0.5) is 0 Å². The van der Waals surface area contributed by atoms with Gasteiger partial charge in [0, 0.05) is 61.0 Å². The SMILES string of the molecule is c1ccc(-c2cc(-c3ccc(-n4c5ccccc5c5ccccc54)cc3)nc(-c3ccc(-n4c5ccccc5c5c4c4c(c6ccccc6n4-c4ccccc4)n5-c4ccccc4)cc3)n2)cc1. The van der Waals surface area contributed by atoms with Gasteiger partial charge < -0.3 is 18.3 Å². The highest BCUT2D eigenvalue weighted by Gasteiger charge is 2.28. The van der Waals surface area contributed by atoms with Crippen molar-refractivity contribution in [3.8, 4) is 56.7 Å². The Morgan fingerprint density at radius 1 is 0.235 bits per heavy atom. The van der Waals surface area contributed by atoms with Crippen LogP contribution in [-0.4, -0.2) is 28.2 Å². The van der Waals surface area contributed by atoms with E-state index in [9.17, 15) is 0 Å². The molecule has 318 valence electrons. The first-order chi connectivity index (χ1) is 33.8. The van der Waals surface area contributed by atoms with E-state index < -0.39 is 0 Å². The monoisotopic (exact) mass is 868 g/mol. The zero-order valence-electron chi connectivity index (χ0n) is 36.8. The van der Waals surface area contributed by atoms with Crippen LogP contribution in [0.15, 0.2) is 243 Å². The molecule has 0 atom stereocenters. The van der Waals surface area contributed by atoms with Gasteiger partial charge in [-0.3, -0.25) is 0 Å². The summed E-state index contributed by atoms with van der Waals surface area (Å²) >= 11 is 0. The maximum absolute atomic E-state index is 5.30. The summed E-state index contributed by atoms with van der Waals surface area (Å²) in [5, 5.41) is 4.87. The third kappa shape index (κ3) is 5.77. The number of hydrogen-bond donors (Lipinski definition) is 0. The highest BCUT2D eigenvalue weighted by Crippen LogP contribution is 2.46. The van der Waals surface area contributed by atoms with E-state index in [4.69, 9.17) is 9.97 Å². The van der Waals surface area contributed by atoms with Crippen molar-refractivity contribution in [3.05, 3.63) is 243 Å². The van der Waals surface area contributed by atoms with Gasteiger partial charge in [0.2, 0.25) is 0 Å². The van der Waals surface area contributed by atoms with Crippen LogP contribution < -0.4 is 0 Å². The van der Waals surface area contributed by atoms with Crippen LogP contribution in [0.1, 0.15) is 0 Å². The molecule has 68 heavy (non-hydrogen) atoms. The zero-order valence-corrected chi connectivity index (χ0v) is 36.8. The summed E-state index contributed by atoms with van der Waals surface area (Å²) in [5.74, 6) is 0.670. The van der Waals surface area contributed by atoms with Gasteiger partial charge in [-0.25, -0.2) is 9.97 Å². The number of hydrogen-bond acceptors (Lipinski definition) is 2. The van der Waals surface area contributed by atoms with Crippen molar-refractivity contribution in [2.24, 2.45) is 0 Å². The van der Waals surface area contributed by atoms with E-state index in [1.807, 2.05) is 6.07 Å². The molecule has 0 fully saturated rings. The smallest absolute Gasteiger partial charge is 0.160 e. The summed E-state index contributed by atoms with van der Waals surface area (Å²) in [6.45, 7) is 0. The van der Waals surface area contributed by atoms with E-state index in [-0.39, 0.29) is 0 Å². The summed E-state index contributed by atoms with van der Waals surface area (Å²) in [6, 6.07) is 86.4. The molecule has 0 aliphatic rings. The summed E-state index contributed by atoms with van der Waals surface area (Å²) in [4.78, 5) is 10.5. The molecule has 14 rings (SSSR count). The Balaban J connectivity index is 0.946. The molecule has 6 nitrogen and oxygen atoms in total. The van der Waals surface area contributed by atoms with Crippen LogP contribution in [0.3, 0.4) is 0 Å². The maximum atomic E-state index is 5.30. The van der Waals surface area contributed by atoms with E-state index in [0.29, 0.717) is 5.82 Å². The van der Waals surface area contributed by atoms with Gasteiger partial charge in [-0.05, 0) is 91.0 Å². The number of fused-ring (bicyclic) bond motifs is 10. The first-order valence-electron chi connectivity index (χ1n) is 23.1. The second kappa shape index (κ2) is 15.2. The van der Waals surface area contributed by atoms with Gasteiger partial charge in [0.15, 0.2) is 5.82 Å². The Kier molecular flexibility index (Phi) is 8.48. The molecule has 0 amide bonds. The van der Waals surface area contributed by atoms with Crippen LogP contribution in [0.5, 0.6) is 0 Å². The average molecular weight is 869 g/mol. The average Bonchev–Trinajstić information content (AvgIpc) is 4.14. The lowest BCUT2D eigenvalue weighted by molar-refractivity contribution is 1.15. The molecule has 0 spiro atoms. The van der Waals surface area contributed by atoms with Crippen LogP contribution in [0, 0.1) is 0 Å². The minimum absolute atomic E-state index is 0.670. The largest absolute Gasteiger partial charge is 0.309 e. The molecule has 14 aromatic rings. The van der Waals surface area contributed by atoms with Crippen LogP contribution >= 0.6 is 0 Å². The number of benzene rings is 9. The van der Waals surface area contributed by atoms with E-state index in [1.54, 1.807) is 0 Å². The van der Waals surface area contributed by atoms with Crippen molar-refractivity contribution in [3.63, 3.8) is 0 Å². The molecule has 0 N–H and O–H groups in total. The maximum Gasteiger partial charge on any atom is 0.160 e. The predicted molar refractivity (Wildman–Crippen MR) is 281 cm³/mol. The second-order valence-corrected chi connectivity index (χ2v) is 17.4. The van der Waals surface area contributed by atoms with E-state index >= 15 is 0 Å². The predicted octanol–water partition coefficient (Wildman–Crippen LogP) is 15.6. The number of rotatable bonds is 7. The fourth-order valence-corrected chi connectivity index (χ4v) is 10.6. The highest BCUT2D eigenvalue weighted by atomic mass is 15.1. The highest BCUT2D eigenvalue weighted by molar-refractivity contribution is 6.25. The molecular weight excluding hydrogens is 829 g/mol. The first-order valence-corrected chi connectivity index (χ1v) is 23.1. The summed E-state index contributed by atoms with van der Waals surface area (Å²) in [5.41, 5.74) is 18.4. The Bertz CT molecular complexity index is 4160. The summed E-state index contributed by atoms with van der Waals surface area (Å²) in [7, 11) is 0. The molecule has 5 heterocycles. The van der Waals surface area contributed by atoms with Crippen molar-refractivity contribution >= 4 is 65.7 Å². The fourth-order valence-electron chi connectivity index (χ4n) is 10.6. The lowest BCUT2D eigenvalue weighted by atomic mass is 10.1. The third-order valence-electron chi connectivity index (χ3n) is 13.6. The Morgan fingerprint density at radius 2 is 0.574 bits per heavy atom. The molecule has 0 saturated heterocycles. The Hall–Kier alpha value is -9.26. The van der Waals surface area contributed by atoms with Crippen LogP contribution in [0.25, 0.3) is 122 Å². The van der Waals surface area contributed by atoms with Crippen molar-refractivity contribution < 1.29 is 0 Å². The zero-order chi connectivity index (χ0) is 44.7. The minimum atomic E-state index is 0.670. The van der Waals surface area contributed by atoms with Gasteiger partial charge in [-0.15, -0.1) is 0 Å². The standard InChI is InChI=1S/C62H40N6/c1-4-18-41(19-5-1)52-40-53(42-32-36-46(37-33-42)65-54-28-14-10-24-48(54)49-25-11-15-29-55(49)65)64-62(63-52)43-34-38-47(39-35-43)67-57-31-17-13-27-51(57)59-61(67)60-58(68(59)45-22-8-3-9-23-45)50-26-12-16-30-56(50)66(60)44-20-6-2-7-21-44/h1-40H. The van der Waals surface area contributed by atoms with Gasteiger partial charge in [0.1, 0.15) is 0 Å². The van der Waals surface area contributed by atoms with Gasteiger partial charge in [0.05, 0.1) is 55.5 Å². The molecule has 0 aliphatic carbocycles. The molecule has 0 radical (unpaired) electrons. The van der Waals surface area contributed by atoms with Crippen molar-refractivity contribution in [2.45, 2.75) is 0 Å². The molecule has 0 bridgehead atoms. The van der Waals surface area contributed by atoms with Gasteiger partial charge in [-0.2, -0.15) is 0 Å². The van der Waals surface area contributed by atoms with E-state index in [0.717, 1.165) is 72.9 Å². The van der Waals surface area contributed by atoms with Crippen molar-refractivity contribution in [2.75, 3.05) is 0 Å². The van der Waals surface area contributed by atoms with Crippen molar-refractivity contribution in [1.82, 2.24) is 28.2 Å². The lowest BCUT2D eigenvalue weighted by Crippen LogP contribution is -1.99. The van der Waals surface area contributed by atoms with E-state index in [1.165, 1.54) is 43.6 Å². The van der Waals surface area contributed by atoms with Crippen LogP contribution in [0.2, 0.25) is 0 Å². The second-order valence-electron chi connectivity index (χ2n) is 17.4. The molecule has 9 aromatic carbocycles. The quantitative estimate of drug-likeness (QED) is 0.160. The first kappa shape index (κ1) is 38.1. The molecule has 0 unspecified atom stereocenters. The molecule has 0 aliphatic heterocycles. The van der Waals surface area contributed by atoms with Gasteiger partial charge in [-0.1, -0.05) is 152 Å². The van der Waals surface area contributed by atoms with Gasteiger partial charge in [0.25, 0.3) is 0 Å². The number of para-hydroxylation sites is 6. The number of aromatic nitrogens is 6. The van der Waals surface area contributed by atoms with Crippen LogP contribution in [-0.2, 0) is 0 Å². The topological polar surface area (TPSA) is 45.5 Å². The lowest BCUT2D eigenvalue weighted by Gasteiger charge is -2.13. The molecule has 5 aromatic heterocycles. The minimum Gasteiger partial charge on any atom is -0.309 e. The molecule has 0 saturated carbocycles. The van der Waals surface area contributed by atoms with Crippen molar-refractivity contribution in [1.29, 1.82) is 0 Å².